The Balaban J connectivity index is 2.23. The van der Waals surface area contributed by atoms with Crippen molar-refractivity contribution in [3.63, 3.8) is 0 Å². The molecule has 0 radical (unpaired) electrons. The molecule has 0 amide bonds. The van der Waals surface area contributed by atoms with Crippen molar-refractivity contribution in [2.75, 3.05) is 17.7 Å². The summed E-state index contributed by atoms with van der Waals surface area (Å²) in [6.45, 7) is 2.52. The molecule has 2 aromatic rings. The van der Waals surface area contributed by atoms with E-state index < -0.39 is 0 Å². The van der Waals surface area contributed by atoms with Crippen LogP contribution in [-0.2, 0) is 0 Å². The number of nitrogen functional groups attached to an aromatic ring is 1. The number of nitrogens with two attached hydrogens (primary N) is 1. The Kier molecular flexibility index (Phi) is 3.34. The monoisotopic (exact) mass is 231 g/mol. The highest BCUT2D eigenvalue weighted by atomic mass is 16.5. The highest BCUT2D eigenvalue weighted by Crippen LogP contribution is 2.25. The first-order valence-electron chi connectivity index (χ1n) is 5.23. The minimum absolute atomic E-state index is 0.177. The van der Waals surface area contributed by atoms with Crippen molar-refractivity contribution in [2.24, 2.45) is 0 Å². The second-order valence-electron chi connectivity index (χ2n) is 3.22. The Morgan fingerprint density at radius 3 is 2.88 bits per heavy atom. The third-order valence-electron chi connectivity index (χ3n) is 2.02. The van der Waals surface area contributed by atoms with Crippen LogP contribution in [0, 0.1) is 0 Å². The lowest BCUT2D eigenvalue weighted by Gasteiger charge is -2.10. The van der Waals surface area contributed by atoms with Crippen LogP contribution in [0.3, 0.4) is 0 Å². The van der Waals surface area contributed by atoms with E-state index in [9.17, 15) is 0 Å². The molecule has 88 valence electrons. The van der Waals surface area contributed by atoms with E-state index >= 15 is 0 Å². The maximum Gasteiger partial charge on any atom is 0.232 e. The van der Waals surface area contributed by atoms with E-state index in [4.69, 9.17) is 10.5 Å². The van der Waals surface area contributed by atoms with Gasteiger partial charge < -0.3 is 15.8 Å². The molecule has 1 aromatic heterocycles. The van der Waals surface area contributed by atoms with Crippen LogP contribution in [0.15, 0.2) is 30.6 Å². The van der Waals surface area contributed by atoms with E-state index in [1.54, 1.807) is 0 Å². The predicted octanol–water partition coefficient (Wildman–Crippen LogP) is 1.60. The Labute approximate surface area is 98.9 Å². The number of para-hydroxylation sites is 2. The van der Waals surface area contributed by atoms with Crippen LogP contribution in [0.25, 0.3) is 0 Å². The molecule has 0 spiro atoms. The highest BCUT2D eigenvalue weighted by molar-refractivity contribution is 5.62. The molecular formula is C11H13N5O. The highest BCUT2D eigenvalue weighted by Gasteiger charge is 2.04. The summed E-state index contributed by atoms with van der Waals surface area (Å²) in [6.07, 6.45) is 1.36. The Hall–Kier alpha value is -2.37. The summed E-state index contributed by atoms with van der Waals surface area (Å²) >= 11 is 0. The molecule has 0 saturated carbocycles. The van der Waals surface area contributed by atoms with E-state index in [-0.39, 0.29) is 5.95 Å². The molecule has 1 aromatic carbocycles. The molecule has 1 heterocycles. The topological polar surface area (TPSA) is 86.0 Å². The van der Waals surface area contributed by atoms with Crippen molar-refractivity contribution < 1.29 is 4.74 Å². The van der Waals surface area contributed by atoms with Crippen molar-refractivity contribution in [1.29, 1.82) is 0 Å². The van der Waals surface area contributed by atoms with Gasteiger partial charge in [-0.3, -0.25) is 0 Å². The van der Waals surface area contributed by atoms with Crippen molar-refractivity contribution in [3.8, 4) is 5.75 Å². The third-order valence-corrected chi connectivity index (χ3v) is 2.02. The van der Waals surface area contributed by atoms with Crippen LogP contribution >= 0.6 is 0 Å². The fourth-order valence-corrected chi connectivity index (χ4v) is 1.34. The number of nitrogens with one attached hydrogen (secondary N) is 1. The number of benzene rings is 1. The van der Waals surface area contributed by atoms with Crippen molar-refractivity contribution in [2.45, 2.75) is 6.92 Å². The number of nitrogens with zero attached hydrogens (tertiary/aromatic N) is 3. The zero-order valence-corrected chi connectivity index (χ0v) is 9.42. The minimum Gasteiger partial charge on any atom is -0.492 e. The molecule has 3 N–H and O–H groups in total. The van der Waals surface area contributed by atoms with E-state index in [0.29, 0.717) is 12.6 Å². The average molecular weight is 231 g/mol. The first-order valence-corrected chi connectivity index (χ1v) is 5.23. The smallest absolute Gasteiger partial charge is 0.232 e. The Bertz CT molecular complexity index is 503. The quantitative estimate of drug-likeness (QED) is 0.831. The third kappa shape index (κ3) is 2.81. The Morgan fingerprint density at radius 2 is 2.12 bits per heavy atom. The van der Waals surface area contributed by atoms with Crippen LogP contribution in [0.5, 0.6) is 5.75 Å². The van der Waals surface area contributed by atoms with E-state index in [1.165, 1.54) is 6.33 Å². The summed E-state index contributed by atoms with van der Waals surface area (Å²) in [5, 5.41) is 3.03. The molecule has 0 fully saturated rings. The second-order valence-corrected chi connectivity index (χ2v) is 3.22. The first-order chi connectivity index (χ1) is 8.29. The molecule has 0 aliphatic rings. The Morgan fingerprint density at radius 1 is 1.29 bits per heavy atom. The maximum atomic E-state index is 5.48. The van der Waals surface area contributed by atoms with Gasteiger partial charge in [0.25, 0.3) is 0 Å². The molecule has 2 rings (SSSR count). The zero-order chi connectivity index (χ0) is 12.1. The molecule has 0 aliphatic carbocycles. The van der Waals surface area contributed by atoms with Gasteiger partial charge in [-0.2, -0.15) is 4.98 Å². The first kappa shape index (κ1) is 11.1. The molecule has 0 bridgehead atoms. The molecule has 0 saturated heterocycles. The standard InChI is InChI=1S/C11H13N5O/c1-2-17-9-6-4-3-5-8(9)15-11-14-7-13-10(12)16-11/h3-7H,2H2,1H3,(H3,12,13,14,15,16). The summed E-state index contributed by atoms with van der Waals surface area (Å²) in [6, 6.07) is 7.55. The van der Waals surface area contributed by atoms with Gasteiger partial charge in [-0.1, -0.05) is 12.1 Å². The normalized spacial score (nSPS) is 9.94. The van der Waals surface area contributed by atoms with Crippen molar-refractivity contribution in [1.82, 2.24) is 15.0 Å². The number of ether oxygens (including phenoxy) is 1. The van der Waals surface area contributed by atoms with Crippen molar-refractivity contribution in [3.05, 3.63) is 30.6 Å². The number of rotatable bonds is 4. The molecule has 0 aliphatic heterocycles. The van der Waals surface area contributed by atoms with Crippen molar-refractivity contribution >= 4 is 17.6 Å². The average Bonchev–Trinajstić information content (AvgIpc) is 2.32. The molecule has 17 heavy (non-hydrogen) atoms. The van der Waals surface area contributed by atoms with Gasteiger partial charge in [0.15, 0.2) is 0 Å². The number of aromatic nitrogens is 3. The summed E-state index contributed by atoms with van der Waals surface area (Å²) in [5.74, 6) is 1.31. The fourth-order valence-electron chi connectivity index (χ4n) is 1.34. The van der Waals surface area contributed by atoms with Gasteiger partial charge in [0.05, 0.1) is 12.3 Å². The summed E-state index contributed by atoms with van der Waals surface area (Å²) in [4.78, 5) is 11.7. The van der Waals surface area contributed by atoms with Gasteiger partial charge in [-0.05, 0) is 19.1 Å². The molecule has 0 unspecified atom stereocenters. The number of hydrogen-bond donors (Lipinski definition) is 2. The van der Waals surface area contributed by atoms with Crippen LogP contribution in [0.2, 0.25) is 0 Å². The predicted molar refractivity (Wildman–Crippen MR) is 65.1 cm³/mol. The lowest BCUT2D eigenvalue weighted by Crippen LogP contribution is -2.03. The molecule has 6 heteroatoms. The van der Waals surface area contributed by atoms with Gasteiger partial charge in [0.1, 0.15) is 12.1 Å². The largest absolute Gasteiger partial charge is 0.492 e. The van der Waals surface area contributed by atoms with E-state index in [0.717, 1.165) is 11.4 Å². The fraction of sp³-hybridized carbons (Fsp3) is 0.182. The van der Waals surface area contributed by atoms with Gasteiger partial charge in [-0.15, -0.1) is 0 Å². The van der Waals surface area contributed by atoms with Gasteiger partial charge >= 0.3 is 0 Å². The maximum absolute atomic E-state index is 5.48. The lowest BCUT2D eigenvalue weighted by atomic mass is 10.3. The lowest BCUT2D eigenvalue weighted by molar-refractivity contribution is 0.342. The van der Waals surface area contributed by atoms with Crippen LogP contribution in [0.1, 0.15) is 6.92 Å². The second kappa shape index (κ2) is 5.11. The zero-order valence-electron chi connectivity index (χ0n) is 9.42. The summed E-state index contributed by atoms with van der Waals surface area (Å²) in [5.41, 5.74) is 6.27. The SMILES string of the molecule is CCOc1ccccc1Nc1ncnc(N)n1. The van der Waals surface area contributed by atoms with Gasteiger partial charge in [0, 0.05) is 0 Å². The van der Waals surface area contributed by atoms with E-state index in [2.05, 4.69) is 20.3 Å². The number of hydrogen-bond acceptors (Lipinski definition) is 6. The van der Waals surface area contributed by atoms with Crippen LogP contribution in [0.4, 0.5) is 17.6 Å². The molecular weight excluding hydrogens is 218 g/mol. The molecule has 0 atom stereocenters. The van der Waals surface area contributed by atoms with Gasteiger partial charge in [-0.25, -0.2) is 9.97 Å². The van der Waals surface area contributed by atoms with E-state index in [1.807, 2.05) is 31.2 Å². The summed E-state index contributed by atoms with van der Waals surface area (Å²) in [7, 11) is 0. The minimum atomic E-state index is 0.177. The molecule has 6 nitrogen and oxygen atoms in total. The van der Waals surface area contributed by atoms with Crippen LogP contribution < -0.4 is 15.8 Å². The van der Waals surface area contributed by atoms with Crippen LogP contribution in [-0.4, -0.2) is 21.6 Å². The van der Waals surface area contributed by atoms with Gasteiger partial charge in [0.2, 0.25) is 11.9 Å². The number of anilines is 3. The summed E-state index contributed by atoms with van der Waals surface area (Å²) < 4.78 is 5.47.